The summed E-state index contributed by atoms with van der Waals surface area (Å²) < 4.78 is 11.1. The van der Waals surface area contributed by atoms with Crippen molar-refractivity contribution in [1.82, 2.24) is 4.90 Å². The summed E-state index contributed by atoms with van der Waals surface area (Å²) in [6.45, 7) is 2.63. The van der Waals surface area contributed by atoms with E-state index in [0.717, 1.165) is 34.4 Å². The number of rotatable bonds is 4. The Labute approximate surface area is 171 Å². The Hall–Kier alpha value is -3.27. The lowest BCUT2D eigenvalue weighted by molar-refractivity contribution is 0.0693. The first-order valence-electron chi connectivity index (χ1n) is 9.80. The van der Waals surface area contributed by atoms with Crippen molar-refractivity contribution < 1.29 is 14.3 Å². The molecule has 148 valence electrons. The summed E-state index contributed by atoms with van der Waals surface area (Å²) in [5.74, 6) is 1.45. The molecule has 1 aliphatic rings. The zero-order valence-corrected chi connectivity index (χ0v) is 17.0. The standard InChI is InChI=1S/C25H25NO3/c1-17-9-7-8-12-20(17)25(27)26-14-13-19-15-22(28-2)23(29-3)16-21(19)24(26)18-10-5-4-6-11-18/h4-12,15-16,24H,13-14H2,1-3H3. The fraction of sp³-hybridized carbons (Fsp3) is 0.240. The van der Waals surface area contributed by atoms with Crippen molar-refractivity contribution >= 4 is 5.91 Å². The summed E-state index contributed by atoms with van der Waals surface area (Å²) in [7, 11) is 3.29. The van der Waals surface area contributed by atoms with Crippen molar-refractivity contribution in [2.24, 2.45) is 0 Å². The monoisotopic (exact) mass is 387 g/mol. The van der Waals surface area contributed by atoms with Crippen LogP contribution in [0.1, 0.15) is 38.7 Å². The van der Waals surface area contributed by atoms with Crippen molar-refractivity contribution in [2.45, 2.75) is 19.4 Å². The Morgan fingerprint density at radius 3 is 2.28 bits per heavy atom. The molecular formula is C25H25NO3. The van der Waals surface area contributed by atoms with E-state index < -0.39 is 0 Å². The van der Waals surface area contributed by atoms with E-state index in [-0.39, 0.29) is 11.9 Å². The number of amides is 1. The molecule has 1 amide bonds. The minimum Gasteiger partial charge on any atom is -0.493 e. The number of hydrogen-bond acceptors (Lipinski definition) is 3. The van der Waals surface area contributed by atoms with Crippen LogP contribution in [-0.4, -0.2) is 31.6 Å². The first-order chi connectivity index (χ1) is 14.1. The number of carbonyl (C=O) groups excluding carboxylic acids is 1. The van der Waals surface area contributed by atoms with E-state index in [1.165, 1.54) is 5.56 Å². The number of methoxy groups -OCH3 is 2. The largest absolute Gasteiger partial charge is 0.493 e. The number of ether oxygens (including phenoxy) is 2. The highest BCUT2D eigenvalue weighted by atomic mass is 16.5. The van der Waals surface area contributed by atoms with E-state index in [0.29, 0.717) is 12.3 Å². The third kappa shape index (κ3) is 3.46. The molecule has 29 heavy (non-hydrogen) atoms. The van der Waals surface area contributed by atoms with Gasteiger partial charge in [-0.3, -0.25) is 4.79 Å². The number of benzene rings is 3. The van der Waals surface area contributed by atoms with Crippen LogP contribution in [0.4, 0.5) is 0 Å². The van der Waals surface area contributed by atoms with Gasteiger partial charge < -0.3 is 14.4 Å². The van der Waals surface area contributed by atoms with Crippen LogP contribution in [-0.2, 0) is 6.42 Å². The van der Waals surface area contributed by atoms with Crippen LogP contribution < -0.4 is 9.47 Å². The van der Waals surface area contributed by atoms with Crippen LogP contribution in [0.2, 0.25) is 0 Å². The smallest absolute Gasteiger partial charge is 0.254 e. The van der Waals surface area contributed by atoms with Gasteiger partial charge in [-0.2, -0.15) is 0 Å². The molecule has 4 rings (SSSR count). The van der Waals surface area contributed by atoms with Crippen LogP contribution >= 0.6 is 0 Å². The third-order valence-electron chi connectivity index (χ3n) is 5.63. The van der Waals surface area contributed by atoms with E-state index in [1.807, 2.05) is 66.4 Å². The molecule has 0 saturated heterocycles. The first-order valence-corrected chi connectivity index (χ1v) is 9.80. The molecule has 0 bridgehead atoms. The van der Waals surface area contributed by atoms with Gasteiger partial charge in [-0.1, -0.05) is 48.5 Å². The summed E-state index contributed by atoms with van der Waals surface area (Å²) >= 11 is 0. The lowest BCUT2D eigenvalue weighted by Gasteiger charge is -2.38. The molecule has 1 aliphatic heterocycles. The molecule has 0 N–H and O–H groups in total. The van der Waals surface area contributed by atoms with E-state index >= 15 is 0 Å². The number of nitrogens with zero attached hydrogens (tertiary/aromatic N) is 1. The van der Waals surface area contributed by atoms with Crippen molar-refractivity contribution in [3.63, 3.8) is 0 Å². The average Bonchev–Trinajstić information content (AvgIpc) is 2.77. The topological polar surface area (TPSA) is 38.8 Å². The van der Waals surface area contributed by atoms with Crippen LogP contribution in [0.3, 0.4) is 0 Å². The fourth-order valence-electron chi connectivity index (χ4n) is 4.13. The highest BCUT2D eigenvalue weighted by Gasteiger charge is 2.34. The molecule has 1 unspecified atom stereocenters. The van der Waals surface area contributed by atoms with E-state index in [4.69, 9.17) is 9.47 Å². The van der Waals surface area contributed by atoms with E-state index in [2.05, 4.69) is 12.1 Å². The predicted octanol–water partition coefficient (Wildman–Crippen LogP) is 4.80. The molecule has 1 heterocycles. The molecule has 0 spiro atoms. The van der Waals surface area contributed by atoms with Gasteiger partial charge in [0, 0.05) is 12.1 Å². The van der Waals surface area contributed by atoms with Gasteiger partial charge in [-0.05, 0) is 53.8 Å². The average molecular weight is 387 g/mol. The highest BCUT2D eigenvalue weighted by Crippen LogP contribution is 2.41. The van der Waals surface area contributed by atoms with Crippen LogP contribution in [0.5, 0.6) is 11.5 Å². The lowest BCUT2D eigenvalue weighted by Crippen LogP contribution is -2.41. The molecule has 0 saturated carbocycles. The van der Waals surface area contributed by atoms with Crippen molar-refractivity contribution in [3.8, 4) is 11.5 Å². The maximum Gasteiger partial charge on any atom is 0.254 e. The Morgan fingerprint density at radius 2 is 1.59 bits per heavy atom. The van der Waals surface area contributed by atoms with Crippen LogP contribution in [0.25, 0.3) is 0 Å². The van der Waals surface area contributed by atoms with Gasteiger partial charge in [0.25, 0.3) is 5.91 Å². The molecule has 4 nitrogen and oxygen atoms in total. The number of hydrogen-bond donors (Lipinski definition) is 0. The molecule has 3 aromatic rings. The normalized spacial score (nSPS) is 15.6. The SMILES string of the molecule is COc1cc2c(cc1OC)C(c1ccccc1)N(C(=O)c1ccccc1C)CC2. The second kappa shape index (κ2) is 8.00. The van der Waals surface area contributed by atoms with Gasteiger partial charge in [0.2, 0.25) is 0 Å². The maximum atomic E-state index is 13.6. The summed E-state index contributed by atoms with van der Waals surface area (Å²) in [4.78, 5) is 15.5. The highest BCUT2D eigenvalue weighted by molar-refractivity contribution is 5.96. The minimum atomic E-state index is -0.174. The Balaban J connectivity index is 1.86. The van der Waals surface area contributed by atoms with Crippen LogP contribution in [0, 0.1) is 6.92 Å². The maximum absolute atomic E-state index is 13.6. The quantitative estimate of drug-likeness (QED) is 0.645. The van der Waals surface area contributed by atoms with Gasteiger partial charge in [0.15, 0.2) is 11.5 Å². The van der Waals surface area contributed by atoms with E-state index in [1.54, 1.807) is 14.2 Å². The first kappa shape index (κ1) is 19.1. The molecule has 0 radical (unpaired) electrons. The molecule has 4 heteroatoms. The van der Waals surface area contributed by atoms with Crippen molar-refractivity contribution in [3.05, 3.63) is 94.5 Å². The van der Waals surface area contributed by atoms with Crippen LogP contribution in [0.15, 0.2) is 66.7 Å². The van der Waals surface area contributed by atoms with Gasteiger partial charge >= 0.3 is 0 Å². The second-order valence-electron chi connectivity index (χ2n) is 7.28. The van der Waals surface area contributed by atoms with Gasteiger partial charge in [0.05, 0.1) is 20.3 Å². The fourth-order valence-corrected chi connectivity index (χ4v) is 4.13. The van der Waals surface area contributed by atoms with Gasteiger partial charge in [-0.15, -0.1) is 0 Å². The summed E-state index contributed by atoms with van der Waals surface area (Å²) in [6, 6.07) is 21.8. The molecule has 0 fully saturated rings. The third-order valence-corrected chi connectivity index (χ3v) is 5.63. The molecular weight excluding hydrogens is 362 g/mol. The van der Waals surface area contributed by atoms with Crippen molar-refractivity contribution in [2.75, 3.05) is 20.8 Å². The van der Waals surface area contributed by atoms with Gasteiger partial charge in [0.1, 0.15) is 0 Å². The van der Waals surface area contributed by atoms with Crippen molar-refractivity contribution in [1.29, 1.82) is 0 Å². The van der Waals surface area contributed by atoms with E-state index in [9.17, 15) is 4.79 Å². The second-order valence-corrected chi connectivity index (χ2v) is 7.28. The number of fused-ring (bicyclic) bond motifs is 1. The molecule has 0 aliphatic carbocycles. The zero-order valence-electron chi connectivity index (χ0n) is 17.0. The lowest BCUT2D eigenvalue weighted by atomic mass is 9.87. The summed E-state index contributed by atoms with van der Waals surface area (Å²) in [5, 5.41) is 0. The summed E-state index contributed by atoms with van der Waals surface area (Å²) in [5.41, 5.74) is 5.09. The zero-order chi connectivity index (χ0) is 20.4. The minimum absolute atomic E-state index is 0.0531. The number of aryl methyl sites for hydroxylation is 1. The predicted molar refractivity (Wildman–Crippen MR) is 114 cm³/mol. The Bertz CT molecular complexity index is 1030. The molecule has 1 atom stereocenters. The number of carbonyl (C=O) groups is 1. The van der Waals surface area contributed by atoms with Gasteiger partial charge in [-0.25, -0.2) is 0 Å². The molecule has 0 aromatic heterocycles. The Morgan fingerprint density at radius 1 is 0.931 bits per heavy atom. The summed E-state index contributed by atoms with van der Waals surface area (Å²) in [6.07, 6.45) is 0.774. The Kier molecular flexibility index (Phi) is 5.26. The molecule has 3 aromatic carbocycles.